The molecule has 1 aromatic heterocycles. The van der Waals surface area contributed by atoms with Gasteiger partial charge in [0.15, 0.2) is 5.16 Å². The molecule has 2 fully saturated rings. The lowest BCUT2D eigenvalue weighted by atomic mass is 9.92. The van der Waals surface area contributed by atoms with E-state index in [4.69, 9.17) is 0 Å². The lowest BCUT2D eigenvalue weighted by molar-refractivity contribution is -0.130. The zero-order chi connectivity index (χ0) is 20.9. The first-order valence-corrected chi connectivity index (χ1v) is 12.2. The number of carbonyl (C=O) groups is 1. The van der Waals surface area contributed by atoms with Gasteiger partial charge in [0, 0.05) is 13.1 Å². The molecule has 6 nitrogen and oxygen atoms in total. The third-order valence-corrected chi connectivity index (χ3v) is 7.04. The van der Waals surface area contributed by atoms with Gasteiger partial charge in [0.2, 0.25) is 5.91 Å². The molecule has 2 atom stereocenters. The van der Waals surface area contributed by atoms with E-state index in [1.807, 2.05) is 11.0 Å². The van der Waals surface area contributed by atoms with Crippen molar-refractivity contribution in [3.05, 3.63) is 41.7 Å². The molecule has 2 aromatic rings. The summed E-state index contributed by atoms with van der Waals surface area (Å²) in [4.78, 5) is 17.3. The van der Waals surface area contributed by atoms with Gasteiger partial charge in [0.05, 0.1) is 18.8 Å². The second-order valence-corrected chi connectivity index (χ2v) is 9.93. The van der Waals surface area contributed by atoms with E-state index in [0.717, 1.165) is 50.2 Å². The summed E-state index contributed by atoms with van der Waals surface area (Å²) in [6.45, 7) is 10.1. The van der Waals surface area contributed by atoms with Crippen LogP contribution in [0.25, 0.3) is 0 Å². The van der Waals surface area contributed by atoms with Crippen LogP contribution in [0.4, 0.5) is 0 Å². The fraction of sp³-hybridized carbons (Fsp3) is 0.609. The van der Waals surface area contributed by atoms with Gasteiger partial charge in [-0.1, -0.05) is 55.9 Å². The first kappa shape index (κ1) is 21.4. The van der Waals surface area contributed by atoms with E-state index in [-0.39, 0.29) is 5.91 Å². The number of carbonyl (C=O) groups excluding carboxylic acids is 1. The van der Waals surface area contributed by atoms with Crippen LogP contribution < -0.4 is 0 Å². The Bertz CT molecular complexity index is 823. The number of amides is 1. The molecule has 30 heavy (non-hydrogen) atoms. The minimum absolute atomic E-state index is 0.216. The van der Waals surface area contributed by atoms with Gasteiger partial charge >= 0.3 is 0 Å². The molecule has 0 spiro atoms. The maximum atomic E-state index is 12.9. The number of aromatic nitrogens is 3. The van der Waals surface area contributed by atoms with Crippen molar-refractivity contribution >= 4 is 17.7 Å². The number of hydrogen-bond acceptors (Lipinski definition) is 5. The highest BCUT2D eigenvalue weighted by atomic mass is 32.2. The van der Waals surface area contributed by atoms with Crippen molar-refractivity contribution in [2.75, 3.05) is 31.9 Å². The predicted molar refractivity (Wildman–Crippen MR) is 120 cm³/mol. The molecule has 2 aliphatic rings. The van der Waals surface area contributed by atoms with Gasteiger partial charge in [-0.25, -0.2) is 0 Å². The van der Waals surface area contributed by atoms with Crippen LogP contribution in [-0.4, -0.2) is 62.4 Å². The smallest absolute Gasteiger partial charge is 0.233 e. The summed E-state index contributed by atoms with van der Waals surface area (Å²) in [6.07, 6.45) is 3.73. The van der Waals surface area contributed by atoms with Crippen LogP contribution in [0.15, 0.2) is 35.5 Å². The summed E-state index contributed by atoms with van der Waals surface area (Å²) in [5.41, 5.74) is 1.23. The number of thioether (sulfide) groups is 1. The second-order valence-electron chi connectivity index (χ2n) is 8.99. The van der Waals surface area contributed by atoms with Crippen molar-refractivity contribution in [2.45, 2.75) is 51.4 Å². The van der Waals surface area contributed by atoms with Crippen LogP contribution in [0.5, 0.6) is 0 Å². The molecular formula is C23H33N5OS. The highest BCUT2D eigenvalue weighted by Crippen LogP contribution is 2.24. The first-order valence-electron chi connectivity index (χ1n) is 11.2. The van der Waals surface area contributed by atoms with Crippen LogP contribution in [0.2, 0.25) is 0 Å². The number of hydrogen-bond donors (Lipinski definition) is 0. The van der Waals surface area contributed by atoms with Crippen LogP contribution >= 0.6 is 11.8 Å². The Morgan fingerprint density at radius 2 is 1.73 bits per heavy atom. The van der Waals surface area contributed by atoms with E-state index in [9.17, 15) is 4.79 Å². The first-order chi connectivity index (χ1) is 14.6. The van der Waals surface area contributed by atoms with Gasteiger partial charge < -0.3 is 9.47 Å². The van der Waals surface area contributed by atoms with E-state index in [1.54, 1.807) is 0 Å². The fourth-order valence-electron chi connectivity index (χ4n) is 4.69. The number of piperidine rings is 1. The third kappa shape index (κ3) is 5.43. The van der Waals surface area contributed by atoms with Gasteiger partial charge in [0.1, 0.15) is 5.82 Å². The topological polar surface area (TPSA) is 54.3 Å². The highest BCUT2D eigenvalue weighted by Gasteiger charge is 2.26. The van der Waals surface area contributed by atoms with E-state index < -0.39 is 0 Å². The molecule has 0 N–H and O–H groups in total. The average Bonchev–Trinajstić information content (AvgIpc) is 3.37. The molecule has 2 unspecified atom stereocenters. The van der Waals surface area contributed by atoms with Crippen molar-refractivity contribution in [1.29, 1.82) is 0 Å². The summed E-state index contributed by atoms with van der Waals surface area (Å²) >= 11 is 1.53. The van der Waals surface area contributed by atoms with Gasteiger partial charge in [-0.3, -0.25) is 9.69 Å². The lowest BCUT2D eigenvalue weighted by Crippen LogP contribution is -2.43. The lowest BCUT2D eigenvalue weighted by Gasteiger charge is -2.35. The fourth-order valence-corrected chi connectivity index (χ4v) is 5.55. The maximum absolute atomic E-state index is 12.9. The number of nitrogens with zero attached hydrogens (tertiary/aromatic N) is 5. The second kappa shape index (κ2) is 9.96. The zero-order valence-electron chi connectivity index (χ0n) is 18.2. The van der Waals surface area contributed by atoms with Gasteiger partial charge in [0.25, 0.3) is 0 Å². The molecule has 2 saturated heterocycles. The van der Waals surface area contributed by atoms with Gasteiger partial charge in [-0.2, -0.15) is 0 Å². The van der Waals surface area contributed by atoms with Crippen molar-refractivity contribution < 1.29 is 4.79 Å². The molecule has 7 heteroatoms. The molecule has 162 valence electrons. The number of likely N-dealkylation sites (tertiary alicyclic amines) is 2. The molecule has 0 saturated carbocycles. The Hall–Kier alpha value is -1.86. The minimum atomic E-state index is 0.216. The normalized spacial score (nSPS) is 22.5. The summed E-state index contributed by atoms with van der Waals surface area (Å²) in [5, 5.41) is 9.84. The molecule has 0 aliphatic carbocycles. The Labute approximate surface area is 184 Å². The van der Waals surface area contributed by atoms with E-state index in [2.05, 4.69) is 57.8 Å². The van der Waals surface area contributed by atoms with Crippen LogP contribution in [0.3, 0.4) is 0 Å². The van der Waals surface area contributed by atoms with E-state index in [0.29, 0.717) is 17.6 Å². The van der Waals surface area contributed by atoms with Crippen molar-refractivity contribution in [2.24, 2.45) is 11.8 Å². The Kier molecular flexibility index (Phi) is 7.10. The van der Waals surface area contributed by atoms with Crippen LogP contribution in [0, 0.1) is 11.8 Å². The van der Waals surface area contributed by atoms with E-state index in [1.165, 1.54) is 36.6 Å². The molecule has 2 aliphatic heterocycles. The molecule has 4 rings (SSSR count). The maximum Gasteiger partial charge on any atom is 0.233 e. The van der Waals surface area contributed by atoms with Gasteiger partial charge in [-0.15, -0.1) is 10.2 Å². The Morgan fingerprint density at radius 3 is 2.43 bits per heavy atom. The quantitative estimate of drug-likeness (QED) is 0.633. The summed E-state index contributed by atoms with van der Waals surface area (Å²) < 4.78 is 2.20. The molecule has 1 aromatic carbocycles. The van der Waals surface area contributed by atoms with Crippen molar-refractivity contribution in [3.63, 3.8) is 0 Å². The van der Waals surface area contributed by atoms with Gasteiger partial charge in [-0.05, 0) is 49.8 Å². The monoisotopic (exact) mass is 427 g/mol. The molecular weight excluding hydrogens is 394 g/mol. The Balaban J connectivity index is 1.46. The summed E-state index contributed by atoms with van der Waals surface area (Å²) in [5.74, 6) is 2.80. The summed E-state index contributed by atoms with van der Waals surface area (Å²) in [6, 6.07) is 10.4. The van der Waals surface area contributed by atoms with E-state index >= 15 is 0 Å². The predicted octanol–water partition coefficient (Wildman–Crippen LogP) is 3.52. The van der Waals surface area contributed by atoms with Crippen molar-refractivity contribution in [1.82, 2.24) is 24.6 Å². The largest absolute Gasteiger partial charge is 0.341 e. The zero-order valence-corrected chi connectivity index (χ0v) is 19.0. The standard InChI is InChI=1S/C23H33N5OS/c1-18-12-19(2)14-27(13-18)22(29)17-30-23-25-24-21(16-26-10-6-7-11-26)28(23)15-20-8-4-3-5-9-20/h3-5,8-9,18-19H,6-7,10-17H2,1-2H3. The highest BCUT2D eigenvalue weighted by molar-refractivity contribution is 7.99. The molecule has 0 bridgehead atoms. The molecule has 1 amide bonds. The molecule has 3 heterocycles. The van der Waals surface area contributed by atoms with Crippen LogP contribution in [-0.2, 0) is 17.9 Å². The number of benzene rings is 1. The Morgan fingerprint density at radius 1 is 1.03 bits per heavy atom. The minimum Gasteiger partial charge on any atom is -0.341 e. The average molecular weight is 428 g/mol. The van der Waals surface area contributed by atoms with Crippen molar-refractivity contribution in [3.8, 4) is 0 Å². The SMILES string of the molecule is CC1CC(C)CN(C(=O)CSc2nnc(CN3CCCC3)n2Cc2ccccc2)C1. The number of rotatable bonds is 7. The third-order valence-electron chi connectivity index (χ3n) is 6.09. The van der Waals surface area contributed by atoms with Crippen LogP contribution in [0.1, 0.15) is 44.5 Å². The summed E-state index contributed by atoms with van der Waals surface area (Å²) in [7, 11) is 0. The molecule has 0 radical (unpaired) electrons.